The van der Waals surface area contributed by atoms with Gasteiger partial charge in [0.2, 0.25) is 5.69 Å². The quantitative estimate of drug-likeness (QED) is 0.264. The van der Waals surface area contributed by atoms with E-state index in [4.69, 9.17) is 11.0 Å². The Bertz CT molecular complexity index is 1790. The molecule has 0 radical (unpaired) electrons. The maximum atomic E-state index is 9.76. The van der Waals surface area contributed by atoms with Crippen LogP contribution in [0, 0.1) is 17.9 Å². The van der Waals surface area contributed by atoms with E-state index >= 15 is 0 Å². The van der Waals surface area contributed by atoms with Gasteiger partial charge in [-0.1, -0.05) is 78.9 Å². The number of rotatable bonds is 2. The molecule has 152 valence electrons. The van der Waals surface area contributed by atoms with Crippen molar-refractivity contribution in [2.45, 2.75) is 0 Å². The highest BCUT2D eigenvalue weighted by molar-refractivity contribution is 6.09. The summed E-state index contributed by atoms with van der Waals surface area (Å²) < 4.78 is 6.00. The van der Waals surface area contributed by atoms with Crippen LogP contribution in [-0.4, -0.2) is 0 Å². The van der Waals surface area contributed by atoms with Gasteiger partial charge >= 0.3 is 0 Å². The zero-order chi connectivity index (χ0) is 22.4. The normalized spacial score (nSPS) is 11.0. The van der Waals surface area contributed by atoms with Crippen molar-refractivity contribution in [2.24, 2.45) is 0 Å². The van der Waals surface area contributed by atoms with Crippen molar-refractivity contribution < 1.29 is 4.42 Å². The van der Waals surface area contributed by atoms with Crippen molar-refractivity contribution in [1.82, 2.24) is 0 Å². The molecule has 0 saturated carbocycles. The Kier molecular flexibility index (Phi) is 4.22. The number of para-hydroxylation sites is 1. The summed E-state index contributed by atoms with van der Waals surface area (Å²) in [6.45, 7) is 7.43. The second kappa shape index (κ2) is 7.38. The molecule has 0 bridgehead atoms. The highest BCUT2D eigenvalue weighted by atomic mass is 16.3. The molecular weight excluding hydrogens is 404 g/mol. The van der Waals surface area contributed by atoms with Crippen LogP contribution in [-0.2, 0) is 0 Å². The van der Waals surface area contributed by atoms with E-state index in [1.165, 1.54) is 0 Å². The summed E-state index contributed by atoms with van der Waals surface area (Å²) in [6.07, 6.45) is 0. The lowest BCUT2D eigenvalue weighted by Gasteiger charge is -2.13. The van der Waals surface area contributed by atoms with E-state index in [1.54, 1.807) is 6.07 Å². The molecule has 1 aromatic heterocycles. The van der Waals surface area contributed by atoms with Crippen molar-refractivity contribution in [3.8, 4) is 28.3 Å². The third-order valence-corrected chi connectivity index (χ3v) is 6.18. The van der Waals surface area contributed by atoms with Crippen LogP contribution in [0.4, 0.5) is 5.69 Å². The molecule has 33 heavy (non-hydrogen) atoms. The van der Waals surface area contributed by atoms with Crippen LogP contribution in [0.3, 0.4) is 0 Å². The molecule has 0 unspecified atom stereocenters. The third-order valence-electron chi connectivity index (χ3n) is 6.18. The van der Waals surface area contributed by atoms with Crippen LogP contribution in [0.25, 0.3) is 59.8 Å². The maximum Gasteiger partial charge on any atom is 0.205 e. The summed E-state index contributed by atoms with van der Waals surface area (Å²) in [5, 5.41) is 14.1. The standard InChI is InChI=1S/C30H16N2O/c1-32-28-11-6-10-23(27(28)18-31)24-15-14-20(21-7-2-3-8-22(21)24)19-13-16-30-26(17-19)25-9-4-5-12-29(25)33-30/h2-17H. The first kappa shape index (κ1) is 18.9. The van der Waals surface area contributed by atoms with Gasteiger partial charge in [0.1, 0.15) is 11.2 Å². The molecule has 6 aromatic rings. The molecule has 1 heterocycles. The maximum absolute atomic E-state index is 9.76. The van der Waals surface area contributed by atoms with E-state index in [2.05, 4.69) is 53.4 Å². The lowest BCUT2D eigenvalue weighted by atomic mass is 9.90. The zero-order valence-corrected chi connectivity index (χ0v) is 17.5. The van der Waals surface area contributed by atoms with Gasteiger partial charge in [-0.2, -0.15) is 5.26 Å². The Hall–Kier alpha value is -4.86. The number of hydrogen-bond donors (Lipinski definition) is 0. The summed E-state index contributed by atoms with van der Waals surface area (Å²) in [5.41, 5.74) is 6.49. The second-order valence-corrected chi connectivity index (χ2v) is 7.94. The highest BCUT2D eigenvalue weighted by Gasteiger charge is 2.15. The minimum atomic E-state index is 0.375. The van der Waals surface area contributed by atoms with Crippen molar-refractivity contribution >= 4 is 38.4 Å². The fraction of sp³-hybridized carbons (Fsp3) is 0. The zero-order valence-electron chi connectivity index (χ0n) is 17.5. The molecule has 0 N–H and O–H groups in total. The van der Waals surface area contributed by atoms with Crippen LogP contribution >= 0.6 is 0 Å². The number of nitrogens with zero attached hydrogens (tertiary/aromatic N) is 2. The average Bonchev–Trinajstić information content (AvgIpc) is 3.25. The topological polar surface area (TPSA) is 41.3 Å². The predicted octanol–water partition coefficient (Wildman–Crippen LogP) is 8.50. The van der Waals surface area contributed by atoms with Crippen LogP contribution in [0.15, 0.2) is 101 Å². The molecule has 0 aliphatic rings. The summed E-state index contributed by atoms with van der Waals surface area (Å²) in [4.78, 5) is 3.54. The second-order valence-electron chi connectivity index (χ2n) is 7.94. The van der Waals surface area contributed by atoms with Crippen LogP contribution in [0.1, 0.15) is 5.56 Å². The summed E-state index contributed by atoms with van der Waals surface area (Å²) in [6, 6.07) is 34.4. The monoisotopic (exact) mass is 420 g/mol. The number of fused-ring (bicyclic) bond motifs is 4. The molecule has 0 amide bonds. The lowest BCUT2D eigenvalue weighted by molar-refractivity contribution is 0.669. The van der Waals surface area contributed by atoms with Gasteiger partial charge in [-0.25, -0.2) is 4.85 Å². The Morgan fingerprint density at radius 1 is 0.636 bits per heavy atom. The van der Waals surface area contributed by atoms with Gasteiger partial charge in [-0.05, 0) is 51.2 Å². The summed E-state index contributed by atoms with van der Waals surface area (Å²) in [7, 11) is 0. The smallest absolute Gasteiger partial charge is 0.205 e. The van der Waals surface area contributed by atoms with E-state index in [-0.39, 0.29) is 0 Å². The van der Waals surface area contributed by atoms with Crippen LogP contribution < -0.4 is 0 Å². The SMILES string of the molecule is [C-]#[N+]c1cccc(-c2ccc(-c3ccc4oc5ccccc5c4c3)c3ccccc23)c1C#N. The Labute approximate surface area is 190 Å². The van der Waals surface area contributed by atoms with Crippen LogP contribution in [0.5, 0.6) is 0 Å². The van der Waals surface area contributed by atoms with Gasteiger partial charge in [0.05, 0.1) is 18.2 Å². The predicted molar refractivity (Wildman–Crippen MR) is 133 cm³/mol. The fourth-order valence-corrected chi connectivity index (χ4v) is 4.65. The van der Waals surface area contributed by atoms with Gasteiger partial charge in [0.25, 0.3) is 0 Å². The molecule has 3 nitrogen and oxygen atoms in total. The molecule has 6 rings (SSSR count). The fourth-order valence-electron chi connectivity index (χ4n) is 4.65. The van der Waals surface area contributed by atoms with E-state index in [1.807, 2.05) is 48.5 Å². The number of furan rings is 1. The molecular formula is C30H16N2O. The van der Waals surface area contributed by atoms with Crippen molar-refractivity contribution in [2.75, 3.05) is 0 Å². The summed E-state index contributed by atoms with van der Waals surface area (Å²) in [5.74, 6) is 0. The Balaban J connectivity index is 1.61. The van der Waals surface area contributed by atoms with E-state index in [9.17, 15) is 5.26 Å². The molecule has 5 aromatic carbocycles. The molecule has 0 aliphatic heterocycles. The van der Waals surface area contributed by atoms with Gasteiger partial charge in [-0.3, -0.25) is 0 Å². The molecule has 0 saturated heterocycles. The van der Waals surface area contributed by atoms with Crippen molar-refractivity contribution in [1.29, 1.82) is 5.26 Å². The number of hydrogen-bond acceptors (Lipinski definition) is 2. The van der Waals surface area contributed by atoms with Crippen LogP contribution in [0.2, 0.25) is 0 Å². The van der Waals surface area contributed by atoms with Gasteiger partial charge < -0.3 is 4.42 Å². The Morgan fingerprint density at radius 2 is 1.33 bits per heavy atom. The minimum Gasteiger partial charge on any atom is -0.456 e. The van der Waals surface area contributed by atoms with E-state index in [0.29, 0.717) is 11.3 Å². The first-order valence-electron chi connectivity index (χ1n) is 10.6. The van der Waals surface area contributed by atoms with Crippen molar-refractivity contribution in [3.05, 3.63) is 114 Å². The average molecular weight is 420 g/mol. The third kappa shape index (κ3) is 2.88. The molecule has 0 fully saturated rings. The number of nitriles is 1. The first-order valence-corrected chi connectivity index (χ1v) is 10.6. The first-order chi connectivity index (χ1) is 16.3. The van der Waals surface area contributed by atoms with Gasteiger partial charge in [0, 0.05) is 10.8 Å². The van der Waals surface area contributed by atoms with Gasteiger partial charge in [0.15, 0.2) is 0 Å². The molecule has 3 heteroatoms. The number of benzene rings is 5. The van der Waals surface area contributed by atoms with E-state index < -0.39 is 0 Å². The molecule has 0 atom stereocenters. The molecule has 0 aliphatic carbocycles. The van der Waals surface area contributed by atoms with E-state index in [0.717, 1.165) is 55.0 Å². The molecule has 0 spiro atoms. The largest absolute Gasteiger partial charge is 0.456 e. The lowest BCUT2D eigenvalue weighted by Crippen LogP contribution is -1.89. The minimum absolute atomic E-state index is 0.375. The van der Waals surface area contributed by atoms with Gasteiger partial charge in [-0.15, -0.1) is 0 Å². The highest BCUT2D eigenvalue weighted by Crippen LogP contribution is 2.40. The van der Waals surface area contributed by atoms with Crippen molar-refractivity contribution in [3.63, 3.8) is 0 Å². The summed E-state index contributed by atoms with van der Waals surface area (Å²) >= 11 is 0. The Morgan fingerprint density at radius 3 is 2.12 bits per heavy atom.